The van der Waals surface area contributed by atoms with Crippen LogP contribution in [0.25, 0.3) is 0 Å². The van der Waals surface area contributed by atoms with Gasteiger partial charge in [0, 0.05) is 36.9 Å². The van der Waals surface area contributed by atoms with Crippen LogP contribution in [0.5, 0.6) is 0 Å². The summed E-state index contributed by atoms with van der Waals surface area (Å²) in [7, 11) is 0. The summed E-state index contributed by atoms with van der Waals surface area (Å²) in [5.74, 6) is 0.308. The van der Waals surface area contributed by atoms with Crippen molar-refractivity contribution in [2.24, 2.45) is 0 Å². The normalized spacial score (nSPS) is 19.6. The number of nitrogens with zero attached hydrogens (tertiary/aromatic N) is 4. The molecule has 2 aromatic rings. The molecule has 4 rings (SSSR count). The zero-order valence-corrected chi connectivity index (χ0v) is 16.3. The van der Waals surface area contributed by atoms with E-state index in [1.807, 2.05) is 12.3 Å². The van der Waals surface area contributed by atoms with Gasteiger partial charge in [0.1, 0.15) is 0 Å². The molecule has 2 fully saturated rings. The standard InChI is InChI=1S/C22H30N4O/c1-18-20(14-23-26(18)15-19-8-4-2-5-9-19)16-24-12-13-25(22(27)17-24)21-10-6-3-7-11-21/h2,4-5,8-9,14,21H,3,6-7,10-13,15-17H2,1H3. The number of amides is 1. The summed E-state index contributed by atoms with van der Waals surface area (Å²) in [5, 5.41) is 4.58. The molecule has 0 unspecified atom stereocenters. The molecule has 1 aromatic heterocycles. The van der Waals surface area contributed by atoms with Crippen LogP contribution in [0.2, 0.25) is 0 Å². The summed E-state index contributed by atoms with van der Waals surface area (Å²) in [6, 6.07) is 10.9. The van der Waals surface area contributed by atoms with Crippen molar-refractivity contribution >= 4 is 5.91 Å². The summed E-state index contributed by atoms with van der Waals surface area (Å²) < 4.78 is 2.06. The molecule has 0 radical (unpaired) electrons. The van der Waals surface area contributed by atoms with E-state index < -0.39 is 0 Å². The predicted molar refractivity (Wildman–Crippen MR) is 106 cm³/mol. The molecule has 0 bridgehead atoms. The summed E-state index contributed by atoms with van der Waals surface area (Å²) in [6.45, 7) is 6.11. The highest BCUT2D eigenvalue weighted by molar-refractivity contribution is 5.79. The maximum absolute atomic E-state index is 12.7. The lowest BCUT2D eigenvalue weighted by molar-refractivity contribution is -0.139. The Bertz CT molecular complexity index is 764. The Morgan fingerprint density at radius 3 is 2.56 bits per heavy atom. The third-order valence-electron chi connectivity index (χ3n) is 6.13. The monoisotopic (exact) mass is 366 g/mol. The number of carbonyl (C=O) groups is 1. The Balaban J connectivity index is 1.35. The lowest BCUT2D eigenvalue weighted by Crippen LogP contribution is -2.54. The quantitative estimate of drug-likeness (QED) is 0.816. The zero-order chi connectivity index (χ0) is 18.6. The van der Waals surface area contributed by atoms with E-state index in [0.29, 0.717) is 18.5 Å². The second-order valence-electron chi connectivity index (χ2n) is 7.99. The summed E-state index contributed by atoms with van der Waals surface area (Å²) in [5.41, 5.74) is 3.68. The third kappa shape index (κ3) is 4.24. The van der Waals surface area contributed by atoms with Crippen molar-refractivity contribution in [3.8, 4) is 0 Å². The fourth-order valence-corrected chi connectivity index (χ4v) is 4.45. The minimum atomic E-state index is 0.308. The molecule has 0 spiro atoms. The summed E-state index contributed by atoms with van der Waals surface area (Å²) >= 11 is 0. The van der Waals surface area contributed by atoms with Gasteiger partial charge in [-0.3, -0.25) is 14.4 Å². The van der Waals surface area contributed by atoms with E-state index in [1.165, 1.54) is 48.9 Å². The van der Waals surface area contributed by atoms with Gasteiger partial charge in [-0.05, 0) is 25.3 Å². The second-order valence-corrected chi connectivity index (χ2v) is 7.99. The number of carbonyl (C=O) groups excluding carboxylic acids is 1. The van der Waals surface area contributed by atoms with Gasteiger partial charge in [0.25, 0.3) is 0 Å². The van der Waals surface area contributed by atoms with Crippen molar-refractivity contribution in [3.05, 3.63) is 53.3 Å². The van der Waals surface area contributed by atoms with E-state index in [4.69, 9.17) is 0 Å². The molecule has 0 atom stereocenters. The van der Waals surface area contributed by atoms with Crippen molar-refractivity contribution < 1.29 is 4.79 Å². The Kier molecular flexibility index (Phi) is 5.58. The first-order valence-corrected chi connectivity index (χ1v) is 10.3. The first-order valence-electron chi connectivity index (χ1n) is 10.3. The van der Waals surface area contributed by atoms with Gasteiger partial charge in [-0.2, -0.15) is 5.10 Å². The molecular weight excluding hydrogens is 336 g/mol. The number of rotatable bonds is 5. The Morgan fingerprint density at radius 2 is 1.81 bits per heavy atom. The molecule has 1 aliphatic carbocycles. The van der Waals surface area contributed by atoms with Gasteiger partial charge in [-0.15, -0.1) is 0 Å². The van der Waals surface area contributed by atoms with E-state index in [-0.39, 0.29) is 0 Å². The minimum Gasteiger partial charge on any atom is -0.337 e. The minimum absolute atomic E-state index is 0.308. The van der Waals surface area contributed by atoms with Crippen LogP contribution in [0.4, 0.5) is 0 Å². The topological polar surface area (TPSA) is 41.4 Å². The van der Waals surface area contributed by atoms with Gasteiger partial charge in [-0.25, -0.2) is 0 Å². The highest BCUT2D eigenvalue weighted by Gasteiger charge is 2.30. The fraction of sp³-hybridized carbons (Fsp3) is 0.545. The van der Waals surface area contributed by atoms with Gasteiger partial charge in [-0.1, -0.05) is 49.6 Å². The molecule has 27 heavy (non-hydrogen) atoms. The van der Waals surface area contributed by atoms with E-state index in [9.17, 15) is 4.79 Å². The van der Waals surface area contributed by atoms with Gasteiger partial charge in [0.05, 0.1) is 19.3 Å². The number of piperazine rings is 1. The highest BCUT2D eigenvalue weighted by atomic mass is 16.2. The Hall–Kier alpha value is -2.14. The van der Waals surface area contributed by atoms with E-state index >= 15 is 0 Å². The molecule has 1 saturated carbocycles. The number of hydrogen-bond acceptors (Lipinski definition) is 3. The maximum atomic E-state index is 12.7. The predicted octanol–water partition coefficient (Wildman–Crippen LogP) is 3.22. The molecular formula is C22H30N4O. The molecule has 1 aromatic carbocycles. The van der Waals surface area contributed by atoms with Gasteiger partial charge in [0.15, 0.2) is 0 Å². The molecule has 5 nitrogen and oxygen atoms in total. The molecule has 1 amide bonds. The number of hydrogen-bond donors (Lipinski definition) is 0. The summed E-state index contributed by atoms with van der Waals surface area (Å²) in [6.07, 6.45) is 8.23. The van der Waals surface area contributed by atoms with Crippen LogP contribution < -0.4 is 0 Å². The molecule has 2 heterocycles. The Morgan fingerprint density at radius 1 is 1.04 bits per heavy atom. The molecule has 0 N–H and O–H groups in total. The van der Waals surface area contributed by atoms with Crippen LogP contribution in [0.15, 0.2) is 36.5 Å². The van der Waals surface area contributed by atoms with Crippen molar-refractivity contribution in [3.63, 3.8) is 0 Å². The van der Waals surface area contributed by atoms with E-state index in [0.717, 1.165) is 26.2 Å². The van der Waals surface area contributed by atoms with Crippen LogP contribution in [0.1, 0.15) is 48.9 Å². The largest absolute Gasteiger partial charge is 0.337 e. The SMILES string of the molecule is Cc1c(CN2CCN(C3CCCCC3)C(=O)C2)cnn1Cc1ccccc1. The first-order chi connectivity index (χ1) is 13.2. The molecule has 1 aliphatic heterocycles. The lowest BCUT2D eigenvalue weighted by Gasteiger charge is -2.40. The van der Waals surface area contributed by atoms with Crippen molar-refractivity contribution in [2.75, 3.05) is 19.6 Å². The maximum Gasteiger partial charge on any atom is 0.237 e. The average molecular weight is 367 g/mol. The third-order valence-corrected chi connectivity index (χ3v) is 6.13. The van der Waals surface area contributed by atoms with Crippen molar-refractivity contribution in [1.29, 1.82) is 0 Å². The van der Waals surface area contributed by atoms with Gasteiger partial charge < -0.3 is 4.90 Å². The van der Waals surface area contributed by atoms with E-state index in [1.54, 1.807) is 0 Å². The number of benzene rings is 1. The average Bonchev–Trinajstić information content (AvgIpc) is 3.03. The van der Waals surface area contributed by atoms with Crippen LogP contribution in [0.3, 0.4) is 0 Å². The highest BCUT2D eigenvalue weighted by Crippen LogP contribution is 2.24. The fourth-order valence-electron chi connectivity index (χ4n) is 4.45. The first kappa shape index (κ1) is 18.2. The van der Waals surface area contributed by atoms with Crippen LogP contribution >= 0.6 is 0 Å². The number of aromatic nitrogens is 2. The molecule has 144 valence electrons. The van der Waals surface area contributed by atoms with Crippen LogP contribution in [-0.4, -0.2) is 51.2 Å². The van der Waals surface area contributed by atoms with Crippen LogP contribution in [-0.2, 0) is 17.9 Å². The van der Waals surface area contributed by atoms with Crippen LogP contribution in [0, 0.1) is 6.92 Å². The lowest BCUT2D eigenvalue weighted by atomic mass is 9.93. The van der Waals surface area contributed by atoms with Gasteiger partial charge in [0.2, 0.25) is 5.91 Å². The second kappa shape index (κ2) is 8.26. The van der Waals surface area contributed by atoms with Gasteiger partial charge >= 0.3 is 0 Å². The summed E-state index contributed by atoms with van der Waals surface area (Å²) in [4.78, 5) is 17.1. The van der Waals surface area contributed by atoms with Crippen molar-refractivity contribution in [1.82, 2.24) is 19.6 Å². The Labute approximate surface area is 162 Å². The zero-order valence-electron chi connectivity index (χ0n) is 16.3. The molecule has 2 aliphatic rings. The molecule has 5 heteroatoms. The smallest absolute Gasteiger partial charge is 0.237 e. The van der Waals surface area contributed by atoms with Crippen molar-refractivity contribution in [2.45, 2.75) is 58.2 Å². The van der Waals surface area contributed by atoms with E-state index in [2.05, 4.69) is 50.8 Å². The molecule has 1 saturated heterocycles.